The molecule has 0 radical (unpaired) electrons. The molecule has 0 saturated heterocycles. The fourth-order valence-corrected chi connectivity index (χ4v) is 2.31. The molecule has 0 heterocycles. The zero-order valence-corrected chi connectivity index (χ0v) is 14.6. The predicted octanol–water partition coefficient (Wildman–Crippen LogP) is 1.80. The summed E-state index contributed by atoms with van der Waals surface area (Å²) in [5.41, 5.74) is 3.75. The molecular weight excluding hydrogens is 275 g/mol. The molecule has 0 aliphatic heterocycles. The molecule has 0 atom stereocenters. The maximum atomic E-state index is 2.16. The van der Waals surface area contributed by atoms with Gasteiger partial charge in [0.15, 0.2) is 0 Å². The van der Waals surface area contributed by atoms with Gasteiger partial charge in [0.05, 0.1) is 0 Å². The Balaban J connectivity index is -0.000000882. The molecule has 98 valence electrons. The van der Waals surface area contributed by atoms with E-state index in [0.717, 1.165) is 0 Å². The first kappa shape index (κ1) is 18.4. The molecule has 0 N–H and O–H groups in total. The van der Waals surface area contributed by atoms with Crippen LogP contribution < -0.4 is 18.9 Å². The molecule has 0 aromatic heterocycles. The van der Waals surface area contributed by atoms with Gasteiger partial charge < -0.3 is 2.85 Å². The molecule has 0 aliphatic rings. The summed E-state index contributed by atoms with van der Waals surface area (Å²) in [6, 6.07) is 31.6. The first-order valence-electron chi connectivity index (χ1n) is 6.48. The Kier molecular flexibility index (Phi) is 8.26. The van der Waals surface area contributed by atoms with Gasteiger partial charge in [0.25, 0.3) is 0 Å². The van der Waals surface area contributed by atoms with Crippen molar-refractivity contribution in [3.05, 3.63) is 114 Å². The van der Waals surface area contributed by atoms with Crippen LogP contribution in [0, 0.1) is 5.92 Å². The van der Waals surface area contributed by atoms with Gasteiger partial charge in [-0.3, -0.25) is 0 Å². The molecule has 0 spiro atoms. The van der Waals surface area contributed by atoms with E-state index in [4.69, 9.17) is 0 Å². The Labute approximate surface area is 173 Å². The van der Waals surface area contributed by atoms with Crippen LogP contribution in [0.2, 0.25) is 0 Å². The van der Waals surface area contributed by atoms with Crippen LogP contribution in [-0.4, -0.2) is 37.7 Å². The van der Waals surface area contributed by atoms with Gasteiger partial charge in [0.2, 0.25) is 0 Å². The number of hydrogen-bond acceptors (Lipinski definition) is 0. The topological polar surface area (TPSA) is 0 Å². The van der Waals surface area contributed by atoms with Crippen LogP contribution in [0.25, 0.3) is 0 Å². The molecule has 0 bridgehead atoms. The fraction of sp³-hybridized carbons (Fsp3) is 0. The predicted molar refractivity (Wildman–Crippen MR) is 90.0 cm³/mol. The maximum Gasteiger partial charge on any atom is 2.00 e. The van der Waals surface area contributed by atoms with E-state index < -0.39 is 0 Å². The van der Waals surface area contributed by atoms with Crippen LogP contribution >= 0.6 is 0 Å². The van der Waals surface area contributed by atoms with Gasteiger partial charge in [-0.15, -0.1) is 0 Å². The van der Waals surface area contributed by atoms with Crippen molar-refractivity contribution in [2.75, 3.05) is 0 Å². The van der Waals surface area contributed by atoms with Crippen LogP contribution in [0.15, 0.2) is 91.0 Å². The molecule has 0 aliphatic carbocycles. The third kappa shape index (κ3) is 4.68. The van der Waals surface area contributed by atoms with E-state index >= 15 is 0 Å². The van der Waals surface area contributed by atoms with Gasteiger partial charge in [-0.25, -0.2) is 0 Å². The second-order valence-corrected chi connectivity index (χ2v) is 4.47. The summed E-state index contributed by atoms with van der Waals surface area (Å²) in [6.07, 6.45) is 0. The van der Waals surface area contributed by atoms with Crippen molar-refractivity contribution in [2.24, 2.45) is 0 Å². The Morgan fingerprint density at radius 1 is 0.524 bits per heavy atom. The summed E-state index contributed by atoms with van der Waals surface area (Å²) >= 11 is 0. The fourth-order valence-electron chi connectivity index (χ4n) is 2.31. The number of benzene rings is 3. The molecule has 3 aromatic carbocycles. The van der Waals surface area contributed by atoms with Gasteiger partial charge in [-0.2, -0.15) is 0 Å². The van der Waals surface area contributed by atoms with Gasteiger partial charge in [-0.05, 0) is 0 Å². The first-order valence-corrected chi connectivity index (χ1v) is 6.48. The minimum atomic E-state index is 0. The van der Waals surface area contributed by atoms with E-state index in [1.165, 1.54) is 22.6 Å². The van der Waals surface area contributed by atoms with Crippen LogP contribution in [0.3, 0.4) is 0 Å². The molecule has 0 unspecified atom stereocenters. The van der Waals surface area contributed by atoms with Crippen LogP contribution in [0.5, 0.6) is 0 Å². The van der Waals surface area contributed by atoms with Crippen LogP contribution in [0.1, 0.15) is 21.0 Å². The zero-order chi connectivity index (χ0) is 12.9. The molecule has 0 amide bonds. The van der Waals surface area contributed by atoms with Gasteiger partial charge in [0, 0.05) is 1.43 Å². The summed E-state index contributed by atoms with van der Waals surface area (Å²) in [5.74, 6) is 1.28. The molecule has 21 heavy (non-hydrogen) atoms. The van der Waals surface area contributed by atoms with Gasteiger partial charge in [0.1, 0.15) is 0 Å². The Morgan fingerprint density at radius 3 is 1.00 bits per heavy atom. The van der Waals surface area contributed by atoms with Crippen molar-refractivity contribution in [1.29, 1.82) is 0 Å². The van der Waals surface area contributed by atoms with E-state index in [1.807, 2.05) is 0 Å². The Hall–Kier alpha value is -0.613. The van der Waals surface area contributed by atoms with E-state index in [2.05, 4.69) is 91.0 Å². The van der Waals surface area contributed by atoms with Crippen LogP contribution in [-0.2, 0) is 0 Å². The van der Waals surface area contributed by atoms with Gasteiger partial charge in [-0.1, -0.05) is 114 Å². The third-order valence-corrected chi connectivity index (χ3v) is 3.19. The van der Waals surface area contributed by atoms with Crippen molar-refractivity contribution in [1.82, 2.24) is 0 Å². The van der Waals surface area contributed by atoms with Crippen molar-refractivity contribution in [3.8, 4) is 0 Å². The van der Waals surface area contributed by atoms with Crippen molar-refractivity contribution >= 4 is 37.7 Å². The van der Waals surface area contributed by atoms with Gasteiger partial charge >= 0.3 is 56.6 Å². The Morgan fingerprint density at radius 2 is 0.762 bits per heavy atom. The van der Waals surface area contributed by atoms with Crippen molar-refractivity contribution < 1.29 is 23.1 Å². The molecule has 3 aromatic rings. The third-order valence-electron chi connectivity index (χ3n) is 3.19. The molecule has 0 nitrogen and oxygen atoms in total. The molecular formula is C19H19CaLi. The first-order chi connectivity index (χ1) is 9.45. The SMILES string of the molecule is [Ca+2].[H-].[H-].[HH].[Li+].c1ccc([C-](c2ccccc2)c2ccccc2)cc1. The van der Waals surface area contributed by atoms with E-state index in [1.54, 1.807) is 0 Å². The van der Waals surface area contributed by atoms with E-state index in [9.17, 15) is 0 Å². The summed E-state index contributed by atoms with van der Waals surface area (Å²) in [4.78, 5) is 0. The second-order valence-electron chi connectivity index (χ2n) is 4.47. The average molecular weight is 294 g/mol. The second kappa shape index (κ2) is 9.41. The van der Waals surface area contributed by atoms with E-state index in [0.29, 0.717) is 0 Å². The quantitative estimate of drug-likeness (QED) is 0.392. The minimum Gasteiger partial charge on any atom is -1.00 e. The van der Waals surface area contributed by atoms with Crippen molar-refractivity contribution in [3.63, 3.8) is 0 Å². The maximum absolute atomic E-state index is 2.16. The zero-order valence-electron chi connectivity index (χ0n) is 14.4. The Bertz CT molecular complexity index is 543. The molecule has 2 heteroatoms. The molecule has 3 rings (SSSR count). The van der Waals surface area contributed by atoms with E-state index in [-0.39, 0.29) is 60.9 Å². The average Bonchev–Trinajstić information content (AvgIpc) is 2.51. The number of hydrogen-bond donors (Lipinski definition) is 0. The van der Waals surface area contributed by atoms with Crippen molar-refractivity contribution in [2.45, 2.75) is 0 Å². The van der Waals surface area contributed by atoms with Crippen LogP contribution in [0.4, 0.5) is 0 Å². The largest absolute Gasteiger partial charge is 2.00 e. The summed E-state index contributed by atoms with van der Waals surface area (Å²) in [5, 5.41) is 0. The summed E-state index contributed by atoms with van der Waals surface area (Å²) in [6.45, 7) is 0. The standard InChI is InChI=1S/C19H15.Ca.Li.H2.2H/c1-4-10-16(11-5-1)19(17-12-6-2-7-13-17)18-14-8-3-9-15-18;;;;;/h1-15H;;;1H;;/q-1;+2;+1;;2*-1. The smallest absolute Gasteiger partial charge is 1.00 e. The summed E-state index contributed by atoms with van der Waals surface area (Å²) in [7, 11) is 0. The summed E-state index contributed by atoms with van der Waals surface area (Å²) < 4.78 is 0. The molecule has 0 saturated carbocycles. The number of rotatable bonds is 3. The molecule has 0 fully saturated rings. The monoisotopic (exact) mass is 294 g/mol. The normalized spacial score (nSPS) is 9.14. The minimum absolute atomic E-state index is 0.